The number of carbonyl (C=O) groups is 1. The number of nitrogens with one attached hydrogen (secondary N) is 1. The van der Waals surface area contributed by atoms with E-state index in [1.54, 1.807) is 41.8 Å². The number of thioether (sulfide) groups is 1. The van der Waals surface area contributed by atoms with Crippen LogP contribution in [0.5, 0.6) is 11.5 Å². The molecule has 2 aliphatic rings. The molecule has 2 aliphatic heterocycles. The van der Waals surface area contributed by atoms with Gasteiger partial charge in [-0.1, -0.05) is 17.8 Å². The first-order valence-corrected chi connectivity index (χ1v) is 11.9. The minimum atomic E-state index is -0.498. The predicted molar refractivity (Wildman–Crippen MR) is 126 cm³/mol. The smallest absolute Gasteiger partial charge is 0.237 e. The van der Waals surface area contributed by atoms with Crippen molar-refractivity contribution in [1.29, 1.82) is 0 Å². The molecule has 1 atom stereocenters. The van der Waals surface area contributed by atoms with Crippen LogP contribution in [0.1, 0.15) is 6.92 Å². The number of carbonyl (C=O) groups excluding carboxylic acids is 1. The first kappa shape index (κ1) is 22.5. The number of aromatic nitrogens is 3. The van der Waals surface area contributed by atoms with Gasteiger partial charge >= 0.3 is 0 Å². The number of halogens is 1. The highest BCUT2D eigenvalue weighted by Gasteiger charge is 2.25. The van der Waals surface area contributed by atoms with E-state index in [1.807, 2.05) is 4.90 Å². The van der Waals surface area contributed by atoms with Gasteiger partial charge in [0, 0.05) is 24.8 Å². The molecule has 2 aromatic carbocycles. The number of hydrogen-bond donors (Lipinski definition) is 1. The van der Waals surface area contributed by atoms with Crippen LogP contribution < -0.4 is 19.7 Å². The van der Waals surface area contributed by atoms with Crippen molar-refractivity contribution in [2.75, 3.05) is 49.7 Å². The molecule has 34 heavy (non-hydrogen) atoms. The minimum absolute atomic E-state index is 0.205. The van der Waals surface area contributed by atoms with Crippen LogP contribution >= 0.6 is 11.8 Å². The summed E-state index contributed by atoms with van der Waals surface area (Å²) in [6.07, 6.45) is 0. The van der Waals surface area contributed by atoms with Crippen molar-refractivity contribution in [2.45, 2.75) is 17.3 Å². The van der Waals surface area contributed by atoms with Crippen molar-refractivity contribution in [2.24, 2.45) is 0 Å². The van der Waals surface area contributed by atoms with Crippen LogP contribution in [0.15, 0.2) is 47.6 Å². The number of ether oxygens (including phenoxy) is 3. The van der Waals surface area contributed by atoms with E-state index < -0.39 is 5.25 Å². The van der Waals surface area contributed by atoms with Gasteiger partial charge in [0.05, 0.1) is 24.2 Å². The quantitative estimate of drug-likeness (QED) is 0.533. The maximum Gasteiger partial charge on any atom is 0.237 e. The fraction of sp³-hybridized carbons (Fsp3) is 0.348. The Morgan fingerprint density at radius 3 is 2.65 bits per heavy atom. The van der Waals surface area contributed by atoms with Crippen molar-refractivity contribution >= 4 is 29.3 Å². The Bertz CT molecular complexity index is 1180. The molecule has 0 spiro atoms. The highest BCUT2D eigenvalue weighted by Crippen LogP contribution is 2.34. The fourth-order valence-electron chi connectivity index (χ4n) is 3.72. The first-order valence-electron chi connectivity index (χ1n) is 11.0. The SMILES string of the molecule is CC(Sc1nnc(N2CCOCC2)n1-c1cccc(F)c1)C(=O)Nc1ccc2c(c1)OCCO2. The van der Waals surface area contributed by atoms with Crippen LogP contribution in [-0.2, 0) is 9.53 Å². The first-order chi connectivity index (χ1) is 16.6. The monoisotopic (exact) mass is 485 g/mol. The van der Waals surface area contributed by atoms with E-state index >= 15 is 0 Å². The van der Waals surface area contributed by atoms with Crippen molar-refractivity contribution in [1.82, 2.24) is 14.8 Å². The largest absolute Gasteiger partial charge is 0.486 e. The second-order valence-electron chi connectivity index (χ2n) is 7.81. The van der Waals surface area contributed by atoms with E-state index in [2.05, 4.69) is 15.5 Å². The summed E-state index contributed by atoms with van der Waals surface area (Å²) >= 11 is 1.25. The number of nitrogens with zero attached hydrogens (tertiary/aromatic N) is 4. The molecule has 11 heteroatoms. The van der Waals surface area contributed by atoms with Crippen LogP contribution in [0.2, 0.25) is 0 Å². The Balaban J connectivity index is 1.36. The zero-order chi connectivity index (χ0) is 23.5. The van der Waals surface area contributed by atoms with Gasteiger partial charge in [0.15, 0.2) is 16.7 Å². The van der Waals surface area contributed by atoms with Crippen LogP contribution in [0, 0.1) is 5.82 Å². The summed E-state index contributed by atoms with van der Waals surface area (Å²) in [7, 11) is 0. The van der Waals surface area contributed by atoms with E-state index in [9.17, 15) is 9.18 Å². The van der Waals surface area contributed by atoms with Crippen molar-refractivity contribution in [3.8, 4) is 17.2 Å². The summed E-state index contributed by atoms with van der Waals surface area (Å²) in [5.74, 6) is 1.29. The number of fused-ring (bicyclic) bond motifs is 1. The lowest BCUT2D eigenvalue weighted by atomic mass is 10.2. The third-order valence-electron chi connectivity index (χ3n) is 5.44. The van der Waals surface area contributed by atoms with Gasteiger partial charge in [-0.2, -0.15) is 0 Å². The Kier molecular flexibility index (Phi) is 6.54. The molecule has 5 rings (SSSR count). The van der Waals surface area contributed by atoms with E-state index in [4.69, 9.17) is 14.2 Å². The van der Waals surface area contributed by atoms with Crippen LogP contribution in [0.25, 0.3) is 5.69 Å². The van der Waals surface area contributed by atoms with Gasteiger partial charge in [-0.05, 0) is 37.3 Å². The standard InChI is InChI=1S/C23H24FN5O4S/c1-15(21(30)25-17-5-6-19-20(14-17)33-12-11-32-19)34-23-27-26-22(28-7-9-31-10-8-28)29(23)18-4-2-3-16(24)13-18/h2-6,13-15H,7-12H2,1H3,(H,25,30). The van der Waals surface area contributed by atoms with Gasteiger partial charge in [0.1, 0.15) is 19.0 Å². The van der Waals surface area contributed by atoms with E-state index in [1.165, 1.54) is 23.9 Å². The lowest BCUT2D eigenvalue weighted by Gasteiger charge is -2.28. The average molecular weight is 486 g/mol. The molecule has 1 fully saturated rings. The predicted octanol–water partition coefficient (Wildman–Crippen LogP) is 3.13. The molecule has 0 saturated carbocycles. The summed E-state index contributed by atoms with van der Waals surface area (Å²) in [5.41, 5.74) is 1.20. The van der Waals surface area contributed by atoms with Crippen molar-refractivity contribution in [3.63, 3.8) is 0 Å². The second-order valence-corrected chi connectivity index (χ2v) is 9.11. The number of benzene rings is 2. The lowest BCUT2D eigenvalue weighted by Crippen LogP contribution is -2.38. The maximum absolute atomic E-state index is 14.0. The van der Waals surface area contributed by atoms with Gasteiger partial charge in [-0.15, -0.1) is 10.2 Å². The fourth-order valence-corrected chi connectivity index (χ4v) is 4.59. The molecule has 1 unspecified atom stereocenters. The summed E-state index contributed by atoms with van der Waals surface area (Å²) in [6.45, 7) is 5.22. The van der Waals surface area contributed by atoms with Gasteiger partial charge in [-0.25, -0.2) is 4.39 Å². The Hall–Kier alpha value is -3.31. The molecule has 1 amide bonds. The Morgan fingerprint density at radius 1 is 1.06 bits per heavy atom. The summed E-state index contributed by atoms with van der Waals surface area (Å²) in [6, 6.07) is 11.5. The molecular weight excluding hydrogens is 461 g/mol. The van der Waals surface area contributed by atoms with E-state index in [-0.39, 0.29) is 11.7 Å². The Morgan fingerprint density at radius 2 is 1.85 bits per heavy atom. The zero-order valence-corrected chi connectivity index (χ0v) is 19.4. The summed E-state index contributed by atoms with van der Waals surface area (Å²) in [5, 5.41) is 11.6. The molecule has 3 aromatic rings. The third kappa shape index (κ3) is 4.80. The zero-order valence-electron chi connectivity index (χ0n) is 18.6. The normalized spacial score (nSPS) is 16.2. The molecule has 0 aliphatic carbocycles. The molecule has 178 valence electrons. The molecule has 1 N–H and O–H groups in total. The van der Waals surface area contributed by atoms with Crippen LogP contribution in [0.4, 0.5) is 16.0 Å². The molecule has 1 saturated heterocycles. The third-order valence-corrected chi connectivity index (χ3v) is 6.48. The molecular formula is C23H24FN5O4S. The number of amides is 1. The van der Waals surface area contributed by atoms with Crippen LogP contribution in [-0.4, -0.2) is 65.4 Å². The highest BCUT2D eigenvalue weighted by molar-refractivity contribution is 8.00. The highest BCUT2D eigenvalue weighted by atomic mass is 32.2. The van der Waals surface area contributed by atoms with Gasteiger partial charge in [0.2, 0.25) is 11.9 Å². The van der Waals surface area contributed by atoms with E-state index in [0.717, 1.165) is 0 Å². The maximum atomic E-state index is 14.0. The topological polar surface area (TPSA) is 90.7 Å². The summed E-state index contributed by atoms with van der Waals surface area (Å²) in [4.78, 5) is 15.0. The van der Waals surface area contributed by atoms with Crippen molar-refractivity contribution < 1.29 is 23.4 Å². The van der Waals surface area contributed by atoms with Crippen molar-refractivity contribution in [3.05, 3.63) is 48.3 Å². The molecule has 1 aromatic heterocycles. The Labute approximate surface area is 200 Å². The number of anilines is 2. The van der Waals surface area contributed by atoms with E-state index in [0.29, 0.717) is 73.5 Å². The van der Waals surface area contributed by atoms with Gasteiger partial charge < -0.3 is 24.4 Å². The molecule has 9 nitrogen and oxygen atoms in total. The lowest BCUT2D eigenvalue weighted by molar-refractivity contribution is -0.115. The molecule has 0 bridgehead atoms. The summed E-state index contributed by atoms with van der Waals surface area (Å²) < 4.78 is 32.4. The number of rotatable bonds is 6. The second kappa shape index (κ2) is 9.90. The van der Waals surface area contributed by atoms with Gasteiger partial charge in [-0.3, -0.25) is 9.36 Å². The van der Waals surface area contributed by atoms with Crippen LogP contribution in [0.3, 0.4) is 0 Å². The number of hydrogen-bond acceptors (Lipinski definition) is 8. The average Bonchev–Trinajstić information content (AvgIpc) is 3.28. The number of morpholine rings is 1. The molecule has 3 heterocycles. The molecule has 0 radical (unpaired) electrons. The van der Waals surface area contributed by atoms with Gasteiger partial charge in [0.25, 0.3) is 0 Å². The minimum Gasteiger partial charge on any atom is -0.486 e.